The lowest BCUT2D eigenvalue weighted by molar-refractivity contribution is -0.149. The number of amides is 2. The van der Waals surface area contributed by atoms with E-state index in [1.807, 2.05) is 47.4 Å². The minimum absolute atomic E-state index is 0.0785. The molecule has 0 aromatic heterocycles. The molecule has 1 fully saturated rings. The van der Waals surface area contributed by atoms with Crippen molar-refractivity contribution in [3.63, 3.8) is 0 Å². The number of piperazine rings is 1. The van der Waals surface area contributed by atoms with E-state index < -0.39 is 6.04 Å². The molecule has 0 aliphatic carbocycles. The number of para-hydroxylation sites is 1. The molecule has 0 radical (unpaired) electrons. The van der Waals surface area contributed by atoms with Gasteiger partial charge in [-0.1, -0.05) is 42.5 Å². The Labute approximate surface area is 171 Å². The van der Waals surface area contributed by atoms with E-state index in [9.17, 15) is 9.59 Å². The molecule has 2 aromatic carbocycles. The molecular weight excluding hydrogens is 366 g/mol. The van der Waals surface area contributed by atoms with Crippen LogP contribution < -0.4 is 4.90 Å². The normalized spacial score (nSPS) is 18.9. The van der Waals surface area contributed by atoms with Gasteiger partial charge in [0.25, 0.3) is 0 Å². The third kappa shape index (κ3) is 4.06. The van der Waals surface area contributed by atoms with Gasteiger partial charge in [0.05, 0.1) is 6.61 Å². The highest BCUT2D eigenvalue weighted by atomic mass is 16.5. The molecule has 0 spiro atoms. The lowest BCUT2D eigenvalue weighted by Crippen LogP contribution is -2.57. The summed E-state index contributed by atoms with van der Waals surface area (Å²) >= 11 is 0. The lowest BCUT2D eigenvalue weighted by Gasteiger charge is -2.42. The van der Waals surface area contributed by atoms with E-state index in [1.54, 1.807) is 11.8 Å². The van der Waals surface area contributed by atoms with Crippen LogP contribution in [0.3, 0.4) is 0 Å². The van der Waals surface area contributed by atoms with Crippen LogP contribution in [-0.4, -0.2) is 60.6 Å². The molecule has 1 unspecified atom stereocenters. The second-order valence-electron chi connectivity index (χ2n) is 7.46. The van der Waals surface area contributed by atoms with Crippen molar-refractivity contribution in [2.75, 3.05) is 37.7 Å². The summed E-state index contributed by atoms with van der Waals surface area (Å²) in [5, 5.41) is 0. The van der Waals surface area contributed by atoms with E-state index in [1.165, 1.54) is 5.69 Å². The second-order valence-corrected chi connectivity index (χ2v) is 7.46. The number of esters is 1. The Morgan fingerprint density at radius 1 is 0.931 bits per heavy atom. The highest BCUT2D eigenvalue weighted by Gasteiger charge is 2.38. The van der Waals surface area contributed by atoms with Gasteiger partial charge in [-0.3, -0.25) is 0 Å². The molecule has 6 nitrogen and oxygen atoms in total. The number of urea groups is 1. The van der Waals surface area contributed by atoms with Crippen LogP contribution in [0, 0.1) is 0 Å². The number of hydrogen-bond donors (Lipinski definition) is 0. The van der Waals surface area contributed by atoms with Gasteiger partial charge in [0.1, 0.15) is 6.04 Å². The Morgan fingerprint density at radius 3 is 2.28 bits per heavy atom. The molecule has 0 N–H and O–H groups in total. The Hall–Kier alpha value is -3.02. The van der Waals surface area contributed by atoms with Crippen molar-refractivity contribution in [1.29, 1.82) is 0 Å². The molecule has 2 amide bonds. The minimum Gasteiger partial charge on any atom is -0.464 e. The van der Waals surface area contributed by atoms with E-state index in [0.717, 1.165) is 24.2 Å². The maximum Gasteiger partial charge on any atom is 0.329 e. The zero-order valence-corrected chi connectivity index (χ0v) is 16.8. The number of carbonyl (C=O) groups excluding carboxylic acids is 2. The van der Waals surface area contributed by atoms with Gasteiger partial charge in [-0.05, 0) is 30.2 Å². The van der Waals surface area contributed by atoms with Gasteiger partial charge in [0.15, 0.2) is 0 Å². The molecule has 2 aliphatic rings. The van der Waals surface area contributed by atoms with Gasteiger partial charge in [0.2, 0.25) is 0 Å². The van der Waals surface area contributed by atoms with Gasteiger partial charge in [-0.25, -0.2) is 9.59 Å². The van der Waals surface area contributed by atoms with Crippen molar-refractivity contribution >= 4 is 17.7 Å². The van der Waals surface area contributed by atoms with Gasteiger partial charge in [0, 0.05) is 44.8 Å². The third-order valence-electron chi connectivity index (χ3n) is 5.72. The van der Waals surface area contributed by atoms with Crippen LogP contribution in [0.1, 0.15) is 18.1 Å². The summed E-state index contributed by atoms with van der Waals surface area (Å²) in [7, 11) is 0. The fourth-order valence-electron chi connectivity index (χ4n) is 4.15. The summed E-state index contributed by atoms with van der Waals surface area (Å²) in [5.41, 5.74) is 3.39. The van der Waals surface area contributed by atoms with Crippen molar-refractivity contribution in [2.45, 2.75) is 25.9 Å². The summed E-state index contributed by atoms with van der Waals surface area (Å²) in [5.74, 6) is -0.321. The number of fused-ring (bicyclic) bond motifs is 1. The van der Waals surface area contributed by atoms with Crippen LogP contribution in [0.5, 0.6) is 0 Å². The molecule has 152 valence electrons. The van der Waals surface area contributed by atoms with Crippen LogP contribution in [0.15, 0.2) is 54.6 Å². The van der Waals surface area contributed by atoms with Crippen LogP contribution in [-0.2, 0) is 22.5 Å². The monoisotopic (exact) mass is 393 g/mol. The topological polar surface area (TPSA) is 53.1 Å². The molecule has 1 saturated heterocycles. The highest BCUT2D eigenvalue weighted by Crippen LogP contribution is 2.26. The Balaban J connectivity index is 1.48. The van der Waals surface area contributed by atoms with Gasteiger partial charge in [-0.2, -0.15) is 0 Å². The standard InChI is InChI=1S/C23H27N3O3/c1-2-29-22(27)21-16-18-8-6-7-9-19(18)17-26(21)23(28)25-14-12-24(13-15-25)20-10-4-3-5-11-20/h3-11,21H,2,12-17H2,1H3. The maximum atomic E-state index is 13.4. The van der Waals surface area contributed by atoms with E-state index >= 15 is 0 Å². The van der Waals surface area contributed by atoms with Crippen LogP contribution in [0.25, 0.3) is 0 Å². The quantitative estimate of drug-likeness (QED) is 0.753. The van der Waals surface area contributed by atoms with E-state index in [2.05, 4.69) is 17.0 Å². The minimum atomic E-state index is -0.565. The lowest BCUT2D eigenvalue weighted by atomic mass is 9.94. The second kappa shape index (κ2) is 8.55. The fourth-order valence-corrected chi connectivity index (χ4v) is 4.15. The van der Waals surface area contributed by atoms with Crippen LogP contribution in [0.2, 0.25) is 0 Å². The smallest absolute Gasteiger partial charge is 0.329 e. The molecule has 1 atom stereocenters. The summed E-state index contributed by atoms with van der Waals surface area (Å²) in [4.78, 5) is 31.8. The first-order chi connectivity index (χ1) is 14.2. The SMILES string of the molecule is CCOC(=O)C1Cc2ccccc2CN1C(=O)N1CCN(c2ccccc2)CC1. The number of benzene rings is 2. The average Bonchev–Trinajstić information content (AvgIpc) is 2.78. The molecule has 2 heterocycles. The fraction of sp³-hybridized carbons (Fsp3) is 0.391. The Bertz CT molecular complexity index is 863. The first-order valence-corrected chi connectivity index (χ1v) is 10.3. The molecular formula is C23H27N3O3. The van der Waals surface area contributed by atoms with Crippen LogP contribution >= 0.6 is 0 Å². The van der Waals surface area contributed by atoms with Crippen molar-refractivity contribution in [2.24, 2.45) is 0 Å². The first-order valence-electron chi connectivity index (χ1n) is 10.3. The molecule has 2 aromatic rings. The van der Waals surface area contributed by atoms with Gasteiger partial charge >= 0.3 is 12.0 Å². The van der Waals surface area contributed by atoms with Gasteiger partial charge < -0.3 is 19.4 Å². The molecule has 6 heteroatoms. The van der Waals surface area contributed by atoms with E-state index in [-0.39, 0.29) is 12.0 Å². The summed E-state index contributed by atoms with van der Waals surface area (Å²) < 4.78 is 5.28. The Kier molecular flexibility index (Phi) is 5.69. The van der Waals surface area contributed by atoms with Crippen LogP contribution in [0.4, 0.5) is 10.5 Å². The Morgan fingerprint density at radius 2 is 1.59 bits per heavy atom. The third-order valence-corrected chi connectivity index (χ3v) is 5.72. The molecule has 2 aliphatic heterocycles. The average molecular weight is 393 g/mol. The predicted octanol–water partition coefficient (Wildman–Crippen LogP) is 2.92. The maximum absolute atomic E-state index is 13.4. The van der Waals surface area contributed by atoms with Crippen molar-refractivity contribution in [3.8, 4) is 0 Å². The van der Waals surface area contributed by atoms with E-state index in [0.29, 0.717) is 32.7 Å². The largest absolute Gasteiger partial charge is 0.464 e. The van der Waals surface area contributed by atoms with Crippen molar-refractivity contribution in [3.05, 3.63) is 65.7 Å². The summed E-state index contributed by atoms with van der Waals surface area (Å²) in [6.07, 6.45) is 0.505. The number of ether oxygens (including phenoxy) is 1. The van der Waals surface area contributed by atoms with Gasteiger partial charge in [-0.15, -0.1) is 0 Å². The zero-order chi connectivity index (χ0) is 20.2. The number of nitrogens with zero attached hydrogens (tertiary/aromatic N) is 3. The number of hydrogen-bond acceptors (Lipinski definition) is 4. The first kappa shape index (κ1) is 19.3. The predicted molar refractivity (Wildman–Crippen MR) is 112 cm³/mol. The summed E-state index contributed by atoms with van der Waals surface area (Å²) in [6, 6.07) is 17.6. The molecule has 29 heavy (non-hydrogen) atoms. The van der Waals surface area contributed by atoms with E-state index in [4.69, 9.17) is 4.74 Å². The highest BCUT2D eigenvalue weighted by molar-refractivity contribution is 5.85. The number of anilines is 1. The van der Waals surface area contributed by atoms with Crippen molar-refractivity contribution in [1.82, 2.24) is 9.80 Å². The zero-order valence-electron chi connectivity index (χ0n) is 16.8. The summed E-state index contributed by atoms with van der Waals surface area (Å²) in [6.45, 7) is 5.40. The molecule has 4 rings (SSSR count). The molecule has 0 saturated carbocycles. The molecule has 0 bridgehead atoms. The number of carbonyl (C=O) groups is 2. The van der Waals surface area contributed by atoms with Crippen molar-refractivity contribution < 1.29 is 14.3 Å². The number of rotatable bonds is 3.